The lowest BCUT2D eigenvalue weighted by Gasteiger charge is -2.29. The molecule has 0 saturated carbocycles. The fourth-order valence-electron chi connectivity index (χ4n) is 1.62. The van der Waals surface area contributed by atoms with E-state index in [0.29, 0.717) is 25.2 Å². The van der Waals surface area contributed by atoms with Crippen molar-refractivity contribution in [3.63, 3.8) is 0 Å². The summed E-state index contributed by atoms with van der Waals surface area (Å²) in [6, 6.07) is 0. The number of hydrogen-bond donors (Lipinski definition) is 0. The first-order chi connectivity index (χ1) is 7.18. The number of hydrogen-bond acceptors (Lipinski definition) is 5. The zero-order valence-electron chi connectivity index (χ0n) is 8.34. The van der Waals surface area contributed by atoms with Crippen molar-refractivity contribution in [3.05, 3.63) is 11.1 Å². The average molecular weight is 225 g/mol. The van der Waals surface area contributed by atoms with Crippen molar-refractivity contribution in [2.24, 2.45) is 5.92 Å². The Morgan fingerprint density at radius 3 is 3.07 bits per heavy atom. The van der Waals surface area contributed by atoms with Crippen molar-refractivity contribution in [2.75, 3.05) is 13.1 Å². The lowest BCUT2D eigenvalue weighted by Crippen LogP contribution is -2.43. The fraction of sp³-hybridized carbons (Fsp3) is 0.556. The monoisotopic (exact) mass is 225 g/mol. The SMILES string of the molecule is CC1CN(C(=O)c2csnn2)CCC1=O. The first-order valence-electron chi connectivity index (χ1n) is 4.77. The van der Waals surface area contributed by atoms with Crippen molar-refractivity contribution in [1.82, 2.24) is 14.5 Å². The third kappa shape index (κ3) is 2.04. The Balaban J connectivity index is 2.06. The minimum Gasteiger partial charge on any atom is -0.336 e. The molecule has 1 atom stereocenters. The summed E-state index contributed by atoms with van der Waals surface area (Å²) in [5.74, 6) is 0.0489. The highest BCUT2D eigenvalue weighted by Crippen LogP contribution is 2.14. The van der Waals surface area contributed by atoms with Crippen LogP contribution in [0.25, 0.3) is 0 Å². The molecule has 0 aliphatic carbocycles. The van der Waals surface area contributed by atoms with Gasteiger partial charge in [-0.1, -0.05) is 11.4 Å². The van der Waals surface area contributed by atoms with E-state index in [2.05, 4.69) is 9.59 Å². The number of carbonyl (C=O) groups excluding carboxylic acids is 2. The van der Waals surface area contributed by atoms with E-state index in [1.165, 1.54) is 0 Å². The maximum atomic E-state index is 11.8. The zero-order valence-corrected chi connectivity index (χ0v) is 9.16. The number of Topliss-reactive ketones (excluding diaryl/α,β-unsaturated/α-hetero) is 1. The molecule has 1 aliphatic rings. The summed E-state index contributed by atoms with van der Waals surface area (Å²) >= 11 is 1.16. The van der Waals surface area contributed by atoms with E-state index in [9.17, 15) is 9.59 Å². The molecule has 1 aliphatic heterocycles. The van der Waals surface area contributed by atoms with Crippen LogP contribution < -0.4 is 0 Å². The molecule has 1 amide bonds. The van der Waals surface area contributed by atoms with Crippen LogP contribution in [0.15, 0.2) is 5.38 Å². The number of likely N-dealkylation sites (tertiary alicyclic amines) is 1. The van der Waals surface area contributed by atoms with Crippen LogP contribution in [0, 0.1) is 5.92 Å². The highest BCUT2D eigenvalue weighted by molar-refractivity contribution is 7.03. The van der Waals surface area contributed by atoms with Crippen LogP contribution in [0.3, 0.4) is 0 Å². The second kappa shape index (κ2) is 4.06. The Kier molecular flexibility index (Phi) is 2.77. The van der Waals surface area contributed by atoms with Crippen LogP contribution in [0.4, 0.5) is 0 Å². The number of nitrogens with zero attached hydrogens (tertiary/aromatic N) is 3. The first kappa shape index (κ1) is 10.2. The molecule has 1 fully saturated rings. The molecular formula is C9H11N3O2S. The summed E-state index contributed by atoms with van der Waals surface area (Å²) in [6.45, 7) is 2.84. The zero-order chi connectivity index (χ0) is 10.8. The molecule has 0 radical (unpaired) electrons. The largest absolute Gasteiger partial charge is 0.336 e. The molecule has 2 rings (SSSR count). The van der Waals surface area contributed by atoms with Crippen LogP contribution in [0.1, 0.15) is 23.8 Å². The van der Waals surface area contributed by atoms with E-state index in [4.69, 9.17) is 0 Å². The normalized spacial score (nSPS) is 21.8. The summed E-state index contributed by atoms with van der Waals surface area (Å²) in [7, 11) is 0. The Morgan fingerprint density at radius 2 is 2.47 bits per heavy atom. The van der Waals surface area contributed by atoms with Gasteiger partial charge in [0.25, 0.3) is 5.91 Å². The molecule has 0 aromatic carbocycles. The van der Waals surface area contributed by atoms with Gasteiger partial charge in [0.1, 0.15) is 5.78 Å². The third-order valence-electron chi connectivity index (χ3n) is 2.54. The van der Waals surface area contributed by atoms with E-state index < -0.39 is 0 Å². The minimum atomic E-state index is -0.122. The van der Waals surface area contributed by atoms with Crippen molar-refractivity contribution < 1.29 is 9.59 Å². The number of ketones is 1. The topological polar surface area (TPSA) is 63.2 Å². The molecule has 1 unspecified atom stereocenters. The van der Waals surface area contributed by atoms with Gasteiger partial charge in [-0.05, 0) is 11.5 Å². The predicted octanol–water partition coefficient (Wildman–Crippen LogP) is 0.589. The molecule has 80 valence electrons. The number of amides is 1. The van der Waals surface area contributed by atoms with Gasteiger partial charge in [0.05, 0.1) is 0 Å². The van der Waals surface area contributed by atoms with Crippen LogP contribution in [-0.4, -0.2) is 39.3 Å². The van der Waals surface area contributed by atoms with Crippen molar-refractivity contribution in [1.29, 1.82) is 0 Å². The highest BCUT2D eigenvalue weighted by Gasteiger charge is 2.28. The van der Waals surface area contributed by atoms with E-state index in [1.807, 2.05) is 6.92 Å². The summed E-state index contributed by atoms with van der Waals surface area (Å²) in [4.78, 5) is 24.8. The fourth-order valence-corrected chi connectivity index (χ4v) is 2.05. The standard InChI is InChI=1S/C9H11N3O2S/c1-6-4-12(3-2-8(6)13)9(14)7-5-15-11-10-7/h5-6H,2-4H2,1H3. The summed E-state index contributed by atoms with van der Waals surface area (Å²) in [6.07, 6.45) is 0.449. The van der Waals surface area contributed by atoms with E-state index in [1.54, 1.807) is 10.3 Å². The van der Waals surface area contributed by atoms with Gasteiger partial charge in [-0.25, -0.2) is 0 Å². The number of aromatic nitrogens is 2. The molecule has 5 nitrogen and oxygen atoms in total. The Morgan fingerprint density at radius 1 is 1.67 bits per heavy atom. The second-order valence-corrected chi connectivity index (χ2v) is 4.27. The minimum absolute atomic E-state index is 0.0608. The van der Waals surface area contributed by atoms with Crippen LogP contribution in [0.5, 0.6) is 0 Å². The molecule has 0 N–H and O–H groups in total. The molecular weight excluding hydrogens is 214 g/mol. The van der Waals surface area contributed by atoms with Crippen LogP contribution in [0.2, 0.25) is 0 Å². The molecule has 2 heterocycles. The Bertz CT molecular complexity index is 377. The van der Waals surface area contributed by atoms with Gasteiger partial charge in [-0.15, -0.1) is 5.10 Å². The third-order valence-corrected chi connectivity index (χ3v) is 3.04. The number of rotatable bonds is 1. The quantitative estimate of drug-likeness (QED) is 0.701. The van der Waals surface area contributed by atoms with Crippen molar-refractivity contribution >= 4 is 23.2 Å². The molecule has 1 saturated heterocycles. The van der Waals surface area contributed by atoms with Crippen LogP contribution >= 0.6 is 11.5 Å². The summed E-state index contributed by atoms with van der Waals surface area (Å²) < 4.78 is 3.65. The van der Waals surface area contributed by atoms with Crippen molar-refractivity contribution in [3.8, 4) is 0 Å². The highest BCUT2D eigenvalue weighted by atomic mass is 32.1. The van der Waals surface area contributed by atoms with E-state index >= 15 is 0 Å². The van der Waals surface area contributed by atoms with Crippen LogP contribution in [-0.2, 0) is 4.79 Å². The van der Waals surface area contributed by atoms with Gasteiger partial charge < -0.3 is 4.90 Å². The van der Waals surface area contributed by atoms with Gasteiger partial charge in [0, 0.05) is 30.8 Å². The molecule has 0 spiro atoms. The van der Waals surface area contributed by atoms with E-state index in [0.717, 1.165) is 11.5 Å². The van der Waals surface area contributed by atoms with Gasteiger partial charge in [-0.2, -0.15) is 0 Å². The number of carbonyl (C=O) groups is 2. The summed E-state index contributed by atoms with van der Waals surface area (Å²) in [5.41, 5.74) is 0.376. The van der Waals surface area contributed by atoms with E-state index in [-0.39, 0.29) is 17.6 Å². The lowest BCUT2D eigenvalue weighted by atomic mass is 9.98. The lowest BCUT2D eigenvalue weighted by molar-refractivity contribution is -0.124. The maximum Gasteiger partial charge on any atom is 0.275 e. The van der Waals surface area contributed by atoms with Crippen molar-refractivity contribution in [2.45, 2.75) is 13.3 Å². The number of piperidine rings is 1. The predicted molar refractivity (Wildman–Crippen MR) is 54.6 cm³/mol. The van der Waals surface area contributed by atoms with Gasteiger partial charge in [-0.3, -0.25) is 9.59 Å². The second-order valence-electron chi connectivity index (χ2n) is 3.66. The van der Waals surface area contributed by atoms with Gasteiger partial charge >= 0.3 is 0 Å². The molecule has 1 aromatic heterocycles. The Hall–Kier alpha value is -1.30. The summed E-state index contributed by atoms with van der Waals surface area (Å²) in [5, 5.41) is 5.36. The Labute approximate surface area is 91.3 Å². The average Bonchev–Trinajstić information content (AvgIpc) is 2.74. The maximum absolute atomic E-state index is 11.8. The van der Waals surface area contributed by atoms with Gasteiger partial charge in [0.15, 0.2) is 5.69 Å². The first-order valence-corrected chi connectivity index (χ1v) is 5.61. The molecule has 6 heteroatoms. The van der Waals surface area contributed by atoms with Gasteiger partial charge in [0.2, 0.25) is 0 Å². The molecule has 1 aromatic rings. The molecule has 15 heavy (non-hydrogen) atoms. The smallest absolute Gasteiger partial charge is 0.275 e. The molecule has 0 bridgehead atoms.